The Bertz CT molecular complexity index is 188. The quantitative estimate of drug-likeness (QED) is 0.730. The van der Waals surface area contributed by atoms with E-state index in [9.17, 15) is 4.79 Å². The molecule has 0 spiro atoms. The van der Waals surface area contributed by atoms with Crippen LogP contribution in [0, 0.1) is 0 Å². The van der Waals surface area contributed by atoms with Crippen molar-refractivity contribution in [1.29, 1.82) is 0 Å². The Kier molecular flexibility index (Phi) is 5.69. The summed E-state index contributed by atoms with van der Waals surface area (Å²) in [4.78, 5) is 11.7. The van der Waals surface area contributed by atoms with Crippen LogP contribution in [0.2, 0.25) is 0 Å². The van der Waals surface area contributed by atoms with E-state index in [1.54, 1.807) is 0 Å². The van der Waals surface area contributed by atoms with Gasteiger partial charge in [-0.25, -0.2) is 0 Å². The van der Waals surface area contributed by atoms with Gasteiger partial charge in [-0.15, -0.1) is 0 Å². The van der Waals surface area contributed by atoms with E-state index >= 15 is 0 Å². The fourth-order valence-corrected chi connectivity index (χ4v) is 2.03. The number of carbonyl (C=O) groups is 1. The average Bonchev–Trinajstić information content (AvgIpc) is 2.27. The van der Waals surface area contributed by atoms with Crippen LogP contribution >= 0.6 is 0 Å². The van der Waals surface area contributed by atoms with Crippen molar-refractivity contribution in [3.05, 3.63) is 0 Å². The number of carbonyl (C=O) groups excluding carboxylic acids is 1. The minimum absolute atomic E-state index is 0.0492. The van der Waals surface area contributed by atoms with Crippen LogP contribution in [0.25, 0.3) is 0 Å². The summed E-state index contributed by atoms with van der Waals surface area (Å²) in [5, 5.41) is 6.34. The number of hydrogen-bond donors (Lipinski definition) is 2. The molecule has 1 amide bonds. The lowest BCUT2D eigenvalue weighted by molar-refractivity contribution is -0.123. The summed E-state index contributed by atoms with van der Waals surface area (Å²) in [5.41, 5.74) is 0. The molecule has 1 aliphatic carbocycles. The molecule has 0 radical (unpaired) electrons. The Labute approximate surface area is 93.0 Å². The zero-order valence-corrected chi connectivity index (χ0v) is 10.0. The Balaban J connectivity index is 2.20. The molecule has 0 aromatic rings. The monoisotopic (exact) mass is 212 g/mol. The third-order valence-corrected chi connectivity index (χ3v) is 3.05. The van der Waals surface area contributed by atoms with E-state index in [1.807, 2.05) is 6.92 Å². The van der Waals surface area contributed by atoms with Crippen molar-refractivity contribution in [2.24, 2.45) is 0 Å². The second-order valence-corrected chi connectivity index (χ2v) is 4.52. The summed E-state index contributed by atoms with van der Waals surface area (Å²) in [6.07, 6.45) is 7.25. The molecule has 0 bridgehead atoms. The molecule has 1 rings (SSSR count). The van der Waals surface area contributed by atoms with E-state index in [0.29, 0.717) is 6.04 Å². The summed E-state index contributed by atoms with van der Waals surface area (Å²) in [6.45, 7) is 4.96. The number of hydrogen-bond acceptors (Lipinski definition) is 2. The molecule has 0 aliphatic heterocycles. The Morgan fingerprint density at radius 2 is 2.00 bits per heavy atom. The molecular weight excluding hydrogens is 188 g/mol. The van der Waals surface area contributed by atoms with Crippen LogP contribution in [0.4, 0.5) is 0 Å². The highest BCUT2D eigenvalue weighted by molar-refractivity contribution is 5.81. The fraction of sp³-hybridized carbons (Fsp3) is 0.917. The molecule has 0 aromatic heterocycles. The van der Waals surface area contributed by atoms with E-state index in [2.05, 4.69) is 17.6 Å². The van der Waals surface area contributed by atoms with Crippen molar-refractivity contribution >= 4 is 5.91 Å². The van der Waals surface area contributed by atoms with Gasteiger partial charge in [-0.1, -0.05) is 26.2 Å². The van der Waals surface area contributed by atoms with Crippen molar-refractivity contribution in [3.8, 4) is 0 Å². The van der Waals surface area contributed by atoms with Crippen LogP contribution < -0.4 is 10.6 Å². The standard InChI is InChI=1S/C12H24N2O/c1-3-9-13-10(2)12(15)14-11-7-5-4-6-8-11/h10-11,13H,3-9H2,1-2H3,(H,14,15). The highest BCUT2D eigenvalue weighted by Gasteiger charge is 2.18. The van der Waals surface area contributed by atoms with Crippen LogP contribution in [0.15, 0.2) is 0 Å². The highest BCUT2D eigenvalue weighted by atomic mass is 16.2. The van der Waals surface area contributed by atoms with Crippen LogP contribution in [-0.4, -0.2) is 24.5 Å². The Morgan fingerprint density at radius 1 is 1.33 bits per heavy atom. The summed E-state index contributed by atoms with van der Waals surface area (Å²) in [5.74, 6) is 0.162. The molecule has 1 aliphatic rings. The first-order valence-corrected chi connectivity index (χ1v) is 6.27. The number of rotatable bonds is 5. The molecule has 1 unspecified atom stereocenters. The largest absolute Gasteiger partial charge is 0.352 e. The second kappa shape index (κ2) is 6.83. The molecule has 0 saturated heterocycles. The minimum Gasteiger partial charge on any atom is -0.352 e. The topological polar surface area (TPSA) is 41.1 Å². The van der Waals surface area contributed by atoms with Gasteiger partial charge in [0, 0.05) is 6.04 Å². The van der Waals surface area contributed by atoms with Gasteiger partial charge in [0.15, 0.2) is 0 Å². The smallest absolute Gasteiger partial charge is 0.237 e. The zero-order chi connectivity index (χ0) is 11.1. The first-order valence-electron chi connectivity index (χ1n) is 6.27. The van der Waals surface area contributed by atoms with E-state index < -0.39 is 0 Å². The molecule has 3 heteroatoms. The maximum absolute atomic E-state index is 11.7. The molecule has 0 heterocycles. The highest BCUT2D eigenvalue weighted by Crippen LogP contribution is 2.17. The third kappa shape index (κ3) is 4.65. The van der Waals surface area contributed by atoms with Gasteiger partial charge in [-0.2, -0.15) is 0 Å². The predicted molar refractivity (Wildman–Crippen MR) is 62.8 cm³/mol. The van der Waals surface area contributed by atoms with Crippen molar-refractivity contribution in [2.75, 3.05) is 6.54 Å². The van der Waals surface area contributed by atoms with Gasteiger partial charge in [-0.3, -0.25) is 4.79 Å². The second-order valence-electron chi connectivity index (χ2n) is 4.52. The molecule has 1 atom stereocenters. The lowest BCUT2D eigenvalue weighted by Crippen LogP contribution is -2.46. The van der Waals surface area contributed by atoms with Crippen LogP contribution in [0.1, 0.15) is 52.4 Å². The van der Waals surface area contributed by atoms with Gasteiger partial charge < -0.3 is 10.6 Å². The molecule has 15 heavy (non-hydrogen) atoms. The lowest BCUT2D eigenvalue weighted by Gasteiger charge is -2.24. The molecule has 1 saturated carbocycles. The van der Waals surface area contributed by atoms with E-state index in [0.717, 1.165) is 25.8 Å². The van der Waals surface area contributed by atoms with Gasteiger partial charge in [0.25, 0.3) is 0 Å². The van der Waals surface area contributed by atoms with Gasteiger partial charge in [0.1, 0.15) is 0 Å². The Morgan fingerprint density at radius 3 is 2.60 bits per heavy atom. The van der Waals surface area contributed by atoms with Crippen molar-refractivity contribution in [1.82, 2.24) is 10.6 Å². The zero-order valence-electron chi connectivity index (χ0n) is 10.0. The molecule has 0 aromatic carbocycles. The van der Waals surface area contributed by atoms with Gasteiger partial charge in [-0.05, 0) is 32.7 Å². The summed E-state index contributed by atoms with van der Waals surface area (Å²) in [6, 6.07) is 0.379. The lowest BCUT2D eigenvalue weighted by atomic mass is 9.95. The normalized spacial score (nSPS) is 19.9. The van der Waals surface area contributed by atoms with Gasteiger partial charge in [0.05, 0.1) is 6.04 Å². The number of amides is 1. The van der Waals surface area contributed by atoms with Crippen molar-refractivity contribution < 1.29 is 4.79 Å². The van der Waals surface area contributed by atoms with Crippen LogP contribution in [-0.2, 0) is 4.79 Å². The van der Waals surface area contributed by atoms with Crippen LogP contribution in [0.3, 0.4) is 0 Å². The SMILES string of the molecule is CCCNC(C)C(=O)NC1CCCCC1. The van der Waals surface area contributed by atoms with Gasteiger partial charge in [0.2, 0.25) is 5.91 Å². The fourth-order valence-electron chi connectivity index (χ4n) is 2.03. The van der Waals surface area contributed by atoms with Crippen LogP contribution in [0.5, 0.6) is 0 Å². The van der Waals surface area contributed by atoms with Gasteiger partial charge >= 0.3 is 0 Å². The third-order valence-electron chi connectivity index (χ3n) is 3.05. The summed E-state index contributed by atoms with van der Waals surface area (Å²) in [7, 11) is 0. The molecule has 2 N–H and O–H groups in total. The van der Waals surface area contributed by atoms with E-state index in [4.69, 9.17) is 0 Å². The summed E-state index contributed by atoms with van der Waals surface area (Å²) >= 11 is 0. The predicted octanol–water partition coefficient (Wildman–Crippen LogP) is 1.82. The van der Waals surface area contributed by atoms with Crippen molar-refractivity contribution in [2.45, 2.75) is 64.5 Å². The maximum atomic E-state index is 11.7. The first-order chi connectivity index (χ1) is 7.24. The molecule has 1 fully saturated rings. The Hall–Kier alpha value is -0.570. The molecular formula is C12H24N2O. The van der Waals surface area contributed by atoms with Crippen molar-refractivity contribution in [3.63, 3.8) is 0 Å². The van der Waals surface area contributed by atoms with E-state index in [-0.39, 0.29) is 11.9 Å². The summed E-state index contributed by atoms with van der Waals surface area (Å²) < 4.78 is 0. The average molecular weight is 212 g/mol. The first kappa shape index (κ1) is 12.5. The number of nitrogens with one attached hydrogen (secondary N) is 2. The molecule has 3 nitrogen and oxygen atoms in total. The molecule has 88 valence electrons. The minimum atomic E-state index is -0.0492. The maximum Gasteiger partial charge on any atom is 0.237 e. The van der Waals surface area contributed by atoms with E-state index in [1.165, 1.54) is 19.3 Å².